The minimum absolute atomic E-state index is 0.146. The Labute approximate surface area is 208 Å². The molecule has 34 heavy (non-hydrogen) atoms. The quantitative estimate of drug-likeness (QED) is 0.427. The molecule has 1 amide bonds. The molecule has 0 saturated heterocycles. The van der Waals surface area contributed by atoms with Crippen LogP contribution in [0.4, 0.5) is 5.00 Å². The standard InChI is InChI=1S/C25H29N5O2S2/c1-5-30-22(13-32-20-8-6-7-16(3)17(20)4)28-29-25(30)33-14-23(31)27-24-19(12-26)18-10-9-15(2)11-21(18)34-24/h6-8,15H,5,9-11,13-14H2,1-4H3,(H,27,31)/t15-/m1/s1. The fraction of sp³-hybridized carbons (Fsp3) is 0.440. The maximum atomic E-state index is 12.7. The van der Waals surface area contributed by atoms with Crippen LogP contribution in [0.3, 0.4) is 0 Å². The van der Waals surface area contributed by atoms with Gasteiger partial charge in [0.15, 0.2) is 11.0 Å². The van der Waals surface area contributed by atoms with E-state index < -0.39 is 0 Å². The molecule has 1 atom stereocenters. The molecular weight excluding hydrogens is 466 g/mol. The highest BCUT2D eigenvalue weighted by Crippen LogP contribution is 2.39. The highest BCUT2D eigenvalue weighted by Gasteiger charge is 2.25. The molecule has 0 fully saturated rings. The number of ether oxygens (including phenoxy) is 1. The van der Waals surface area contributed by atoms with Gasteiger partial charge in [-0.25, -0.2) is 0 Å². The first-order valence-corrected chi connectivity index (χ1v) is 13.3. The van der Waals surface area contributed by atoms with Crippen LogP contribution in [0.5, 0.6) is 5.75 Å². The molecule has 2 aromatic heterocycles. The molecule has 0 spiro atoms. The highest BCUT2D eigenvalue weighted by molar-refractivity contribution is 7.99. The molecule has 7 nitrogen and oxygen atoms in total. The number of benzene rings is 1. The lowest BCUT2D eigenvalue weighted by Crippen LogP contribution is -2.15. The molecule has 0 radical (unpaired) electrons. The largest absolute Gasteiger partial charge is 0.485 e. The van der Waals surface area contributed by atoms with Crippen LogP contribution in [-0.4, -0.2) is 26.4 Å². The summed E-state index contributed by atoms with van der Waals surface area (Å²) in [5.74, 6) is 2.22. The molecule has 178 valence electrons. The van der Waals surface area contributed by atoms with Crippen molar-refractivity contribution >= 4 is 34.0 Å². The van der Waals surface area contributed by atoms with Gasteiger partial charge in [-0.1, -0.05) is 30.8 Å². The molecule has 0 unspecified atom stereocenters. The van der Waals surface area contributed by atoms with E-state index in [1.165, 1.54) is 22.2 Å². The number of carbonyl (C=O) groups excluding carboxylic acids is 1. The van der Waals surface area contributed by atoms with E-state index in [0.29, 0.717) is 34.8 Å². The SMILES string of the molecule is CCn1c(COc2cccc(C)c2C)nnc1SCC(=O)Nc1sc2c(c1C#N)CC[C@@H](C)C2. The van der Waals surface area contributed by atoms with Crippen LogP contribution in [0.1, 0.15) is 53.2 Å². The summed E-state index contributed by atoms with van der Waals surface area (Å²) >= 11 is 2.88. The second-order valence-corrected chi connectivity index (χ2v) is 10.7. The number of fused-ring (bicyclic) bond motifs is 1. The van der Waals surface area contributed by atoms with E-state index in [-0.39, 0.29) is 11.7 Å². The van der Waals surface area contributed by atoms with Crippen molar-refractivity contribution in [3.63, 3.8) is 0 Å². The highest BCUT2D eigenvalue weighted by atomic mass is 32.2. The summed E-state index contributed by atoms with van der Waals surface area (Å²) in [6, 6.07) is 8.29. The van der Waals surface area contributed by atoms with Gasteiger partial charge < -0.3 is 14.6 Å². The molecule has 0 aliphatic heterocycles. The summed E-state index contributed by atoms with van der Waals surface area (Å²) in [6.07, 6.45) is 2.97. The smallest absolute Gasteiger partial charge is 0.235 e. The van der Waals surface area contributed by atoms with Crippen LogP contribution < -0.4 is 10.1 Å². The zero-order valence-corrected chi connectivity index (χ0v) is 21.6. The summed E-state index contributed by atoms with van der Waals surface area (Å²) in [6.45, 7) is 9.33. The summed E-state index contributed by atoms with van der Waals surface area (Å²) < 4.78 is 7.96. The van der Waals surface area contributed by atoms with Gasteiger partial charge >= 0.3 is 0 Å². The van der Waals surface area contributed by atoms with E-state index in [0.717, 1.165) is 42.0 Å². The van der Waals surface area contributed by atoms with E-state index >= 15 is 0 Å². The second kappa shape index (κ2) is 10.6. The zero-order chi connectivity index (χ0) is 24.2. The van der Waals surface area contributed by atoms with Crippen molar-refractivity contribution in [2.75, 3.05) is 11.1 Å². The predicted octanol–water partition coefficient (Wildman–Crippen LogP) is 5.28. The van der Waals surface area contributed by atoms with E-state index in [2.05, 4.69) is 41.5 Å². The molecule has 2 heterocycles. The normalized spacial score (nSPS) is 15.0. The van der Waals surface area contributed by atoms with E-state index in [1.54, 1.807) is 11.3 Å². The van der Waals surface area contributed by atoms with Gasteiger partial charge in [0, 0.05) is 11.4 Å². The van der Waals surface area contributed by atoms with Gasteiger partial charge in [0.1, 0.15) is 23.4 Å². The number of rotatable bonds is 8. The fourth-order valence-electron chi connectivity index (χ4n) is 4.12. The van der Waals surface area contributed by atoms with Crippen molar-refractivity contribution in [2.24, 2.45) is 5.92 Å². The number of hydrogen-bond donors (Lipinski definition) is 1. The first-order chi connectivity index (χ1) is 16.4. The third kappa shape index (κ3) is 5.13. The average molecular weight is 496 g/mol. The van der Waals surface area contributed by atoms with Crippen LogP contribution >= 0.6 is 23.1 Å². The van der Waals surface area contributed by atoms with Crippen molar-refractivity contribution in [3.8, 4) is 11.8 Å². The third-order valence-corrected chi connectivity index (χ3v) is 8.37. The van der Waals surface area contributed by atoms with Crippen molar-refractivity contribution in [1.82, 2.24) is 14.8 Å². The monoisotopic (exact) mass is 495 g/mol. The van der Waals surface area contributed by atoms with Crippen molar-refractivity contribution in [1.29, 1.82) is 5.26 Å². The van der Waals surface area contributed by atoms with Crippen LogP contribution in [0.25, 0.3) is 0 Å². The first-order valence-electron chi connectivity index (χ1n) is 11.5. The van der Waals surface area contributed by atoms with Crippen LogP contribution in [-0.2, 0) is 30.8 Å². The lowest BCUT2D eigenvalue weighted by atomic mass is 9.89. The lowest BCUT2D eigenvalue weighted by molar-refractivity contribution is -0.113. The lowest BCUT2D eigenvalue weighted by Gasteiger charge is -2.17. The Morgan fingerprint density at radius 3 is 2.97 bits per heavy atom. The number of thioether (sulfide) groups is 1. The third-order valence-electron chi connectivity index (χ3n) is 6.23. The summed E-state index contributed by atoms with van der Waals surface area (Å²) in [4.78, 5) is 13.9. The second-order valence-electron chi connectivity index (χ2n) is 8.63. The van der Waals surface area contributed by atoms with E-state index in [9.17, 15) is 10.1 Å². The Hall–Kier alpha value is -2.83. The molecule has 1 N–H and O–H groups in total. The molecule has 0 saturated carbocycles. The number of thiophene rings is 1. The van der Waals surface area contributed by atoms with Gasteiger partial charge in [0.2, 0.25) is 5.91 Å². The number of aromatic nitrogens is 3. The average Bonchev–Trinajstić information content (AvgIpc) is 3.37. The minimum Gasteiger partial charge on any atom is -0.485 e. The Morgan fingerprint density at radius 1 is 1.38 bits per heavy atom. The maximum absolute atomic E-state index is 12.7. The van der Waals surface area contributed by atoms with Gasteiger partial charge in [-0.15, -0.1) is 21.5 Å². The number of aryl methyl sites for hydroxylation is 1. The molecule has 9 heteroatoms. The number of amides is 1. The van der Waals surface area contributed by atoms with Crippen LogP contribution in [0.2, 0.25) is 0 Å². The van der Waals surface area contributed by atoms with Crippen molar-refractivity contribution in [2.45, 2.75) is 65.3 Å². The topological polar surface area (TPSA) is 92.8 Å². The molecular formula is C25H29N5O2S2. The number of nitrogens with one attached hydrogen (secondary N) is 1. The van der Waals surface area contributed by atoms with E-state index in [4.69, 9.17) is 4.74 Å². The molecule has 4 rings (SSSR count). The van der Waals surface area contributed by atoms with Crippen LogP contribution in [0, 0.1) is 31.1 Å². The van der Waals surface area contributed by atoms with Crippen LogP contribution in [0.15, 0.2) is 23.4 Å². The summed E-state index contributed by atoms with van der Waals surface area (Å²) in [5, 5.41) is 22.5. The molecule has 1 aromatic carbocycles. The minimum atomic E-state index is -0.146. The summed E-state index contributed by atoms with van der Waals surface area (Å²) in [7, 11) is 0. The predicted molar refractivity (Wildman–Crippen MR) is 136 cm³/mol. The molecule has 1 aliphatic rings. The number of nitriles is 1. The van der Waals surface area contributed by atoms with E-state index in [1.807, 2.05) is 30.5 Å². The van der Waals surface area contributed by atoms with Gasteiger partial charge in [-0.2, -0.15) is 5.26 Å². The number of carbonyl (C=O) groups is 1. The van der Waals surface area contributed by atoms with Gasteiger partial charge in [0.25, 0.3) is 0 Å². The Bertz CT molecular complexity index is 1240. The Kier molecular flexibility index (Phi) is 7.59. The zero-order valence-electron chi connectivity index (χ0n) is 20.0. The number of hydrogen-bond acceptors (Lipinski definition) is 7. The van der Waals surface area contributed by atoms with Gasteiger partial charge in [-0.05, 0) is 68.7 Å². The molecule has 0 bridgehead atoms. The Morgan fingerprint density at radius 2 is 2.21 bits per heavy atom. The number of nitrogens with zero attached hydrogens (tertiary/aromatic N) is 4. The maximum Gasteiger partial charge on any atom is 0.235 e. The van der Waals surface area contributed by atoms with Gasteiger partial charge in [0.05, 0.1) is 11.3 Å². The molecule has 3 aromatic rings. The Balaban J connectivity index is 1.38. The first kappa shape index (κ1) is 24.3. The van der Waals surface area contributed by atoms with Gasteiger partial charge in [-0.3, -0.25) is 4.79 Å². The number of anilines is 1. The van der Waals surface area contributed by atoms with Crippen molar-refractivity contribution < 1.29 is 9.53 Å². The fourth-order valence-corrected chi connectivity index (χ4v) is 6.32. The molecule has 1 aliphatic carbocycles. The summed E-state index contributed by atoms with van der Waals surface area (Å²) in [5.41, 5.74) is 4.04. The van der Waals surface area contributed by atoms with Crippen molar-refractivity contribution in [3.05, 3.63) is 51.2 Å².